The van der Waals surface area contributed by atoms with Gasteiger partial charge in [0, 0.05) is 5.02 Å². The molecule has 0 amide bonds. The number of aromatic nitrogens is 1. The third-order valence-electron chi connectivity index (χ3n) is 2.03. The van der Waals surface area contributed by atoms with E-state index in [4.69, 9.17) is 27.9 Å². The van der Waals surface area contributed by atoms with Crippen molar-refractivity contribution in [3.05, 3.63) is 39.1 Å². The van der Waals surface area contributed by atoms with Gasteiger partial charge in [0.15, 0.2) is 21.6 Å². The fourth-order valence-electron chi connectivity index (χ4n) is 1.20. The van der Waals surface area contributed by atoms with Gasteiger partial charge in [0.1, 0.15) is 0 Å². The maximum Gasteiger partial charge on any atom is 0.351 e. The average Bonchev–Trinajstić information content (AvgIpc) is 2.73. The molecule has 0 radical (unpaired) electrons. The Balaban J connectivity index is 2.26. The van der Waals surface area contributed by atoms with Crippen molar-refractivity contribution < 1.29 is 18.7 Å². The van der Waals surface area contributed by atoms with Crippen molar-refractivity contribution in [2.75, 3.05) is 7.11 Å². The predicted octanol–water partition coefficient (Wildman–Crippen LogP) is 4.17. The third kappa shape index (κ3) is 3.15. The molecule has 0 saturated carbocycles. The van der Waals surface area contributed by atoms with Crippen molar-refractivity contribution in [3.63, 3.8) is 0 Å². The molecular formula is C11H6Cl2FNO3S. The minimum atomic E-state index is -0.640. The maximum atomic E-state index is 13.5. The lowest BCUT2D eigenvalue weighted by molar-refractivity contribution is 0.0606. The number of carbonyl (C=O) groups is 1. The number of ether oxygens (including phenoxy) is 2. The normalized spacial score (nSPS) is 10.3. The van der Waals surface area contributed by atoms with Crippen LogP contribution in [0.5, 0.6) is 10.9 Å². The van der Waals surface area contributed by atoms with Gasteiger partial charge >= 0.3 is 5.97 Å². The molecule has 100 valence electrons. The van der Waals surface area contributed by atoms with Crippen LogP contribution in [0.1, 0.15) is 9.67 Å². The summed E-state index contributed by atoms with van der Waals surface area (Å²) in [5, 5.41) is 0.227. The smallest absolute Gasteiger partial charge is 0.351 e. The molecule has 8 heteroatoms. The molecule has 0 aliphatic rings. The van der Waals surface area contributed by atoms with Gasteiger partial charge in [-0.25, -0.2) is 9.18 Å². The Kier molecular flexibility index (Phi) is 4.24. The monoisotopic (exact) mass is 321 g/mol. The zero-order valence-electron chi connectivity index (χ0n) is 9.45. The molecule has 0 N–H and O–H groups in total. The van der Waals surface area contributed by atoms with Crippen molar-refractivity contribution in [3.8, 4) is 10.9 Å². The van der Waals surface area contributed by atoms with Crippen LogP contribution in [0.2, 0.25) is 10.2 Å². The van der Waals surface area contributed by atoms with Crippen LogP contribution in [0.4, 0.5) is 4.39 Å². The van der Waals surface area contributed by atoms with Crippen molar-refractivity contribution in [1.29, 1.82) is 0 Å². The lowest BCUT2D eigenvalue weighted by Gasteiger charge is -2.02. The highest BCUT2D eigenvalue weighted by Gasteiger charge is 2.19. The molecule has 0 fully saturated rings. The molecular weight excluding hydrogens is 316 g/mol. The maximum absolute atomic E-state index is 13.5. The van der Waals surface area contributed by atoms with Crippen molar-refractivity contribution >= 4 is 40.5 Å². The molecule has 19 heavy (non-hydrogen) atoms. The standard InChI is InChI=1S/C11H6Cl2FNO3S/c1-17-10(16)8-9(13)15-11(19-8)18-7-3-2-5(12)4-6(7)14/h2-4H,1H3. The van der Waals surface area contributed by atoms with Gasteiger partial charge in [0.2, 0.25) is 0 Å². The molecule has 0 aliphatic carbocycles. The quantitative estimate of drug-likeness (QED) is 0.796. The molecule has 4 nitrogen and oxygen atoms in total. The number of halogens is 3. The number of benzene rings is 1. The average molecular weight is 322 g/mol. The highest BCUT2D eigenvalue weighted by molar-refractivity contribution is 7.15. The van der Waals surface area contributed by atoms with E-state index < -0.39 is 11.8 Å². The first-order chi connectivity index (χ1) is 9.01. The molecule has 0 aliphatic heterocycles. The summed E-state index contributed by atoms with van der Waals surface area (Å²) in [6.07, 6.45) is 0. The molecule has 1 aromatic heterocycles. The molecule has 0 bridgehead atoms. The number of hydrogen-bond acceptors (Lipinski definition) is 5. The summed E-state index contributed by atoms with van der Waals surface area (Å²) in [6, 6.07) is 3.93. The molecule has 2 aromatic rings. The van der Waals surface area contributed by atoms with Crippen LogP contribution in [0.25, 0.3) is 0 Å². The van der Waals surface area contributed by atoms with Crippen LogP contribution in [0.15, 0.2) is 18.2 Å². The number of carbonyl (C=O) groups excluding carboxylic acids is 1. The Morgan fingerprint density at radius 3 is 2.79 bits per heavy atom. The summed E-state index contributed by atoms with van der Waals surface area (Å²) in [4.78, 5) is 15.2. The largest absolute Gasteiger partial charge is 0.465 e. The van der Waals surface area contributed by atoms with Crippen LogP contribution in [-0.4, -0.2) is 18.1 Å². The second-order valence-electron chi connectivity index (χ2n) is 3.27. The number of hydrogen-bond donors (Lipinski definition) is 0. The molecule has 0 saturated heterocycles. The zero-order chi connectivity index (χ0) is 14.0. The summed E-state index contributed by atoms with van der Waals surface area (Å²) in [5.41, 5.74) is 0. The molecule has 0 atom stereocenters. The summed E-state index contributed by atoms with van der Waals surface area (Å²) >= 11 is 12.2. The van der Waals surface area contributed by atoms with Crippen LogP contribution in [-0.2, 0) is 4.74 Å². The summed E-state index contributed by atoms with van der Waals surface area (Å²) in [5.74, 6) is -1.33. The van der Waals surface area contributed by atoms with Crippen LogP contribution in [0, 0.1) is 5.82 Å². The molecule has 1 aromatic carbocycles. The molecule has 2 rings (SSSR count). The van der Waals surface area contributed by atoms with Gasteiger partial charge in [-0.15, -0.1) is 0 Å². The number of thiazole rings is 1. The van der Waals surface area contributed by atoms with Crippen LogP contribution >= 0.6 is 34.5 Å². The number of methoxy groups -OCH3 is 1. The minimum absolute atomic E-state index is 0.0339. The van der Waals surface area contributed by atoms with Gasteiger partial charge in [-0.1, -0.05) is 34.5 Å². The summed E-state index contributed by atoms with van der Waals surface area (Å²) in [7, 11) is 1.22. The third-order valence-corrected chi connectivity index (χ3v) is 3.56. The Labute approximate surface area is 121 Å². The Morgan fingerprint density at radius 1 is 1.42 bits per heavy atom. The Hall–Kier alpha value is -1.37. The highest BCUT2D eigenvalue weighted by Crippen LogP contribution is 2.33. The summed E-state index contributed by atoms with van der Waals surface area (Å²) < 4.78 is 23.2. The minimum Gasteiger partial charge on any atom is -0.465 e. The van der Waals surface area contributed by atoms with Gasteiger partial charge < -0.3 is 9.47 Å². The van der Waals surface area contributed by atoms with Crippen LogP contribution in [0.3, 0.4) is 0 Å². The second kappa shape index (κ2) is 5.73. The van der Waals surface area contributed by atoms with Gasteiger partial charge in [0.05, 0.1) is 7.11 Å². The van der Waals surface area contributed by atoms with Gasteiger partial charge in [-0.2, -0.15) is 4.98 Å². The number of nitrogens with zero attached hydrogens (tertiary/aromatic N) is 1. The van der Waals surface area contributed by atoms with E-state index in [1.807, 2.05) is 0 Å². The van der Waals surface area contributed by atoms with Gasteiger partial charge in [0.25, 0.3) is 5.19 Å². The lowest BCUT2D eigenvalue weighted by Crippen LogP contribution is -1.98. The first-order valence-electron chi connectivity index (χ1n) is 4.89. The van der Waals surface area contributed by atoms with Crippen molar-refractivity contribution in [2.24, 2.45) is 0 Å². The van der Waals surface area contributed by atoms with Crippen molar-refractivity contribution in [1.82, 2.24) is 4.98 Å². The van der Waals surface area contributed by atoms with Crippen molar-refractivity contribution in [2.45, 2.75) is 0 Å². The van der Waals surface area contributed by atoms with E-state index in [0.29, 0.717) is 0 Å². The first kappa shape index (κ1) is 14.0. The zero-order valence-corrected chi connectivity index (χ0v) is 11.8. The lowest BCUT2D eigenvalue weighted by atomic mass is 10.3. The fraction of sp³-hybridized carbons (Fsp3) is 0.0909. The van der Waals surface area contributed by atoms with Crippen LogP contribution < -0.4 is 4.74 Å². The second-order valence-corrected chi connectivity index (χ2v) is 5.02. The summed E-state index contributed by atoms with van der Waals surface area (Å²) in [6.45, 7) is 0. The van der Waals surface area contributed by atoms with Gasteiger partial charge in [-0.3, -0.25) is 0 Å². The molecule has 0 spiro atoms. The van der Waals surface area contributed by atoms with E-state index in [-0.39, 0.29) is 26.0 Å². The number of rotatable bonds is 3. The van der Waals surface area contributed by atoms with E-state index in [1.54, 1.807) is 0 Å². The number of esters is 1. The highest BCUT2D eigenvalue weighted by atomic mass is 35.5. The van der Waals surface area contributed by atoms with Gasteiger partial charge in [-0.05, 0) is 18.2 Å². The topological polar surface area (TPSA) is 48.4 Å². The first-order valence-corrected chi connectivity index (χ1v) is 6.46. The molecule has 0 unspecified atom stereocenters. The fourth-order valence-corrected chi connectivity index (χ4v) is 2.42. The van der Waals surface area contributed by atoms with E-state index in [0.717, 1.165) is 17.4 Å². The van der Waals surface area contributed by atoms with E-state index in [1.165, 1.54) is 19.2 Å². The Morgan fingerprint density at radius 2 is 2.16 bits per heavy atom. The molecule has 1 heterocycles. The van der Waals surface area contributed by atoms with E-state index >= 15 is 0 Å². The predicted molar refractivity (Wildman–Crippen MR) is 69.9 cm³/mol. The Bertz CT molecular complexity index is 632. The van der Waals surface area contributed by atoms with E-state index in [2.05, 4.69) is 9.72 Å². The SMILES string of the molecule is COC(=O)c1sc(Oc2ccc(Cl)cc2F)nc1Cl. The van der Waals surface area contributed by atoms with E-state index in [9.17, 15) is 9.18 Å².